The molecule has 7 heteroatoms. The van der Waals surface area contributed by atoms with Crippen LogP contribution in [0.15, 0.2) is 186 Å². The molecule has 1 N–H and O–H groups in total. The van der Waals surface area contributed by atoms with Crippen molar-refractivity contribution < 1.29 is 4.42 Å². The van der Waals surface area contributed by atoms with Gasteiger partial charge in [0.2, 0.25) is 7.28 Å². The predicted molar refractivity (Wildman–Crippen MR) is 310 cm³/mol. The summed E-state index contributed by atoms with van der Waals surface area (Å²) in [6.07, 6.45) is 0. The zero-order valence-corrected chi connectivity index (χ0v) is 42.3. The molecule has 71 heavy (non-hydrogen) atoms. The average Bonchev–Trinajstić information content (AvgIpc) is 4.12. The lowest BCUT2D eigenvalue weighted by molar-refractivity contribution is 0.590. The fraction of sp³-hybridized carbons (Fsp3) is 0.125. The van der Waals surface area contributed by atoms with E-state index in [1.807, 2.05) is 22.7 Å². The maximum atomic E-state index is 6.84. The van der Waals surface area contributed by atoms with Crippen LogP contribution >= 0.6 is 22.7 Å². The molecule has 4 aromatic heterocycles. The van der Waals surface area contributed by atoms with E-state index in [0.717, 1.165) is 63.2 Å². The van der Waals surface area contributed by atoms with E-state index >= 15 is 0 Å². The molecule has 342 valence electrons. The smallest absolute Gasteiger partial charge is 0.211 e. The quantitative estimate of drug-likeness (QED) is 0.169. The molecule has 0 atom stereocenters. The SMILES string of the molecule is CC(C)(C)c1ccc(Nc2cc3oc4ccc(N(c5ccccc5)c5ccccc5)cc4c3cc2-c2ccc3c4cc5c(cc4n4c3c2Bc2sc3ccc(C(C)(C)C)cc3c2-4)sc2ccccc25)cc1. The van der Waals surface area contributed by atoms with Crippen molar-refractivity contribution in [3.8, 4) is 16.8 Å². The minimum atomic E-state index is 0.0224. The van der Waals surface area contributed by atoms with Crippen LogP contribution in [0, 0.1) is 0 Å². The molecule has 1 aliphatic heterocycles. The molecule has 0 radical (unpaired) electrons. The number of aromatic nitrogens is 1. The molecule has 0 unspecified atom stereocenters. The van der Waals surface area contributed by atoms with Gasteiger partial charge in [0.05, 0.1) is 16.9 Å². The van der Waals surface area contributed by atoms with Crippen LogP contribution in [0.4, 0.5) is 28.4 Å². The summed E-state index contributed by atoms with van der Waals surface area (Å²) in [5, 5.41) is 12.7. The van der Waals surface area contributed by atoms with Gasteiger partial charge in [-0.3, -0.25) is 0 Å². The molecule has 13 aromatic rings. The molecule has 4 nitrogen and oxygen atoms in total. The molecule has 0 amide bonds. The van der Waals surface area contributed by atoms with Crippen LogP contribution < -0.4 is 20.5 Å². The molecule has 0 aliphatic carbocycles. The number of benzene rings is 9. The van der Waals surface area contributed by atoms with E-state index in [2.05, 4.69) is 238 Å². The van der Waals surface area contributed by atoms with Crippen molar-refractivity contribution in [2.75, 3.05) is 10.2 Å². The molecule has 0 spiro atoms. The van der Waals surface area contributed by atoms with Crippen molar-refractivity contribution in [1.82, 2.24) is 4.57 Å². The number of hydrogen-bond donors (Lipinski definition) is 1. The van der Waals surface area contributed by atoms with Gasteiger partial charge >= 0.3 is 0 Å². The molecule has 5 heterocycles. The third-order valence-corrected chi connectivity index (χ3v) is 17.2. The number of nitrogens with one attached hydrogen (secondary N) is 1. The largest absolute Gasteiger partial charge is 0.456 e. The van der Waals surface area contributed by atoms with Gasteiger partial charge in [0.25, 0.3) is 0 Å². The Morgan fingerprint density at radius 1 is 0.479 bits per heavy atom. The van der Waals surface area contributed by atoms with Crippen molar-refractivity contribution in [2.45, 2.75) is 52.4 Å². The van der Waals surface area contributed by atoms with E-state index in [4.69, 9.17) is 4.42 Å². The first kappa shape index (κ1) is 42.3. The van der Waals surface area contributed by atoms with Gasteiger partial charge in [0.15, 0.2) is 0 Å². The molecule has 14 rings (SSSR count). The fourth-order valence-electron chi connectivity index (χ4n) is 11.3. The van der Waals surface area contributed by atoms with E-state index in [9.17, 15) is 0 Å². The number of thiophene rings is 2. The zero-order valence-electron chi connectivity index (χ0n) is 40.6. The van der Waals surface area contributed by atoms with Crippen LogP contribution in [0.2, 0.25) is 0 Å². The van der Waals surface area contributed by atoms with Crippen molar-refractivity contribution in [2.24, 2.45) is 0 Å². The standard InChI is InChI=1S/C64H50BN3OS2/c1-63(2,3)37-21-24-39(25-22-37)66-52-35-55-49(48-32-42(26-29-54(48)69-55)67(40-15-9-7-10-16-40)41-17-11-8-12-18-41)33-46(52)44-27-28-45-47-34-50-43-19-13-14-20-56(43)70-58(50)36-53(47)68-60(45)59(44)65-62-61(68)51-31-38(64(4,5)6)23-30-57(51)71-62/h7-36,65-66H,1-6H3. The highest BCUT2D eigenvalue weighted by molar-refractivity contribution is 7.29. The highest BCUT2D eigenvalue weighted by atomic mass is 32.1. The van der Waals surface area contributed by atoms with Crippen LogP contribution in [0.3, 0.4) is 0 Å². The fourth-order valence-corrected chi connectivity index (χ4v) is 13.6. The number of nitrogens with zero attached hydrogens (tertiary/aromatic N) is 2. The van der Waals surface area contributed by atoms with Crippen LogP contribution in [0.5, 0.6) is 0 Å². The summed E-state index contributed by atoms with van der Waals surface area (Å²) in [6.45, 7) is 13.8. The second kappa shape index (κ2) is 15.5. The Bertz CT molecular complexity index is 4260. The molecular weight excluding hydrogens is 902 g/mol. The topological polar surface area (TPSA) is 33.3 Å². The Balaban J connectivity index is 1.04. The van der Waals surface area contributed by atoms with E-state index < -0.39 is 0 Å². The van der Waals surface area contributed by atoms with Gasteiger partial charge in [-0.2, -0.15) is 0 Å². The Kier molecular flexibility index (Phi) is 9.21. The van der Waals surface area contributed by atoms with Crippen molar-refractivity contribution >= 4 is 143 Å². The Hall–Kier alpha value is -7.58. The van der Waals surface area contributed by atoms with E-state index in [0.29, 0.717) is 0 Å². The number of rotatable bonds is 6. The van der Waals surface area contributed by atoms with E-state index in [1.54, 1.807) is 0 Å². The Morgan fingerprint density at radius 2 is 1.17 bits per heavy atom. The lowest BCUT2D eigenvalue weighted by Crippen LogP contribution is -2.35. The van der Waals surface area contributed by atoms with E-state index in [-0.39, 0.29) is 10.8 Å². The van der Waals surface area contributed by atoms with E-state index in [1.165, 1.54) is 84.7 Å². The first-order chi connectivity index (χ1) is 34.4. The lowest BCUT2D eigenvalue weighted by Gasteiger charge is -2.25. The number of hydrogen-bond acceptors (Lipinski definition) is 5. The molecule has 1 aliphatic rings. The van der Waals surface area contributed by atoms with Crippen LogP contribution in [0.1, 0.15) is 52.7 Å². The second-order valence-electron chi connectivity index (χ2n) is 21.4. The molecule has 0 saturated heterocycles. The number of furan rings is 1. The van der Waals surface area contributed by atoms with Crippen molar-refractivity contribution in [1.29, 1.82) is 0 Å². The maximum Gasteiger partial charge on any atom is 0.211 e. The first-order valence-electron chi connectivity index (χ1n) is 24.7. The highest BCUT2D eigenvalue weighted by Crippen LogP contribution is 2.47. The Labute approximate surface area is 421 Å². The van der Waals surface area contributed by atoms with Crippen molar-refractivity contribution in [3.05, 3.63) is 193 Å². The molecule has 9 aromatic carbocycles. The minimum Gasteiger partial charge on any atom is -0.456 e. The lowest BCUT2D eigenvalue weighted by atomic mass is 9.63. The number of fused-ring (bicyclic) bond motifs is 13. The van der Waals surface area contributed by atoms with Crippen LogP contribution in [-0.4, -0.2) is 11.8 Å². The molecule has 0 fully saturated rings. The van der Waals surface area contributed by atoms with Gasteiger partial charge < -0.3 is 19.2 Å². The molecular formula is C64H50BN3OS2. The maximum absolute atomic E-state index is 6.84. The predicted octanol–water partition coefficient (Wildman–Crippen LogP) is 17.4. The highest BCUT2D eigenvalue weighted by Gasteiger charge is 2.31. The summed E-state index contributed by atoms with van der Waals surface area (Å²) in [4.78, 5) is 2.33. The van der Waals surface area contributed by atoms with Gasteiger partial charge in [-0.15, -0.1) is 22.7 Å². The third-order valence-electron chi connectivity index (χ3n) is 14.9. The van der Waals surface area contributed by atoms with Crippen molar-refractivity contribution in [3.63, 3.8) is 0 Å². The molecule has 0 saturated carbocycles. The van der Waals surface area contributed by atoms with Gasteiger partial charge in [-0.1, -0.05) is 126 Å². The number of para-hydroxylation sites is 2. The third kappa shape index (κ3) is 6.70. The summed E-state index contributed by atoms with van der Waals surface area (Å²) in [5.74, 6) is 0. The van der Waals surface area contributed by atoms with Crippen LogP contribution in [-0.2, 0) is 10.8 Å². The minimum absolute atomic E-state index is 0.0224. The zero-order chi connectivity index (χ0) is 47.9. The number of anilines is 5. The molecule has 0 bridgehead atoms. The summed E-state index contributed by atoms with van der Waals surface area (Å²) in [5.41, 5.74) is 17.4. The van der Waals surface area contributed by atoms with Gasteiger partial charge in [0, 0.05) is 91.7 Å². The summed E-state index contributed by atoms with van der Waals surface area (Å²) >= 11 is 3.85. The summed E-state index contributed by atoms with van der Waals surface area (Å²) in [6, 6.07) is 67.3. The summed E-state index contributed by atoms with van der Waals surface area (Å²) in [7, 11) is 0.830. The second-order valence-corrected chi connectivity index (χ2v) is 23.7. The van der Waals surface area contributed by atoms with Gasteiger partial charge in [-0.05, 0) is 129 Å². The average molecular weight is 952 g/mol. The normalized spacial score (nSPS) is 12.8. The first-order valence-corrected chi connectivity index (χ1v) is 26.3. The summed E-state index contributed by atoms with van der Waals surface area (Å²) < 4.78 is 14.9. The monoisotopic (exact) mass is 951 g/mol. The van der Waals surface area contributed by atoms with Gasteiger partial charge in [0.1, 0.15) is 11.2 Å². The Morgan fingerprint density at radius 3 is 1.92 bits per heavy atom. The van der Waals surface area contributed by atoms with Crippen LogP contribution in [0.25, 0.3) is 90.8 Å². The van der Waals surface area contributed by atoms with Gasteiger partial charge in [-0.25, -0.2) is 0 Å².